The molecular weight excluding hydrogens is 737 g/mol. The molecule has 0 spiro atoms. The van der Waals surface area contributed by atoms with Crippen LogP contribution in [0.4, 0.5) is 17.1 Å². The Hall–Kier alpha value is -7.94. The molecule has 1 heterocycles. The predicted molar refractivity (Wildman–Crippen MR) is 256 cm³/mol. The zero-order chi connectivity index (χ0) is 40.3. The number of hydrogen-bond donors (Lipinski definition) is 0. The second kappa shape index (κ2) is 14.1. The van der Waals surface area contributed by atoms with Gasteiger partial charge in [0.05, 0.1) is 27.8 Å². The van der Waals surface area contributed by atoms with Gasteiger partial charge in [0, 0.05) is 33.1 Å². The van der Waals surface area contributed by atoms with E-state index in [0.29, 0.717) is 0 Å². The third-order valence-electron chi connectivity index (χ3n) is 12.9. The van der Waals surface area contributed by atoms with E-state index in [2.05, 4.69) is 252 Å². The summed E-state index contributed by atoms with van der Waals surface area (Å²) in [6, 6.07) is 89.2. The number of benzene rings is 10. The van der Waals surface area contributed by atoms with E-state index in [9.17, 15) is 0 Å². The van der Waals surface area contributed by atoms with Crippen LogP contribution >= 0.6 is 0 Å². The zero-order valence-electron chi connectivity index (χ0n) is 33.5. The number of nitrogens with zero attached hydrogens (tertiary/aromatic N) is 2. The first-order valence-corrected chi connectivity index (χ1v) is 21.1. The molecule has 0 saturated heterocycles. The SMILES string of the molecule is c1ccc(-c2ccccc2-n2c3ccccc3c3ccc(N(c4ccc5c(c4)C(c4ccccc4)(c4ccccc4)c4ccccc4-5)c4cccc5ccccc45)cc32)cc1. The van der Waals surface area contributed by atoms with Crippen molar-refractivity contribution < 1.29 is 0 Å². The predicted octanol–water partition coefficient (Wildman–Crippen LogP) is 15.4. The van der Waals surface area contributed by atoms with E-state index < -0.39 is 5.41 Å². The topological polar surface area (TPSA) is 8.17 Å². The van der Waals surface area contributed by atoms with Crippen LogP contribution in [0.15, 0.2) is 243 Å². The fourth-order valence-electron chi connectivity index (χ4n) is 10.3. The molecule has 1 aromatic heterocycles. The van der Waals surface area contributed by atoms with Crippen LogP contribution in [-0.4, -0.2) is 4.57 Å². The highest BCUT2D eigenvalue weighted by Crippen LogP contribution is 2.57. The van der Waals surface area contributed by atoms with Gasteiger partial charge in [-0.1, -0.05) is 200 Å². The summed E-state index contributed by atoms with van der Waals surface area (Å²) in [5.41, 5.74) is 16.3. The van der Waals surface area contributed by atoms with Crippen molar-refractivity contribution in [3.05, 3.63) is 265 Å². The minimum atomic E-state index is -0.521. The molecule has 2 heteroatoms. The monoisotopic (exact) mass is 776 g/mol. The van der Waals surface area contributed by atoms with Gasteiger partial charge in [-0.3, -0.25) is 0 Å². The number of rotatable bonds is 7. The lowest BCUT2D eigenvalue weighted by atomic mass is 9.67. The maximum absolute atomic E-state index is 2.48. The lowest BCUT2D eigenvalue weighted by Crippen LogP contribution is -2.28. The second-order valence-corrected chi connectivity index (χ2v) is 16.0. The molecule has 0 amide bonds. The Morgan fingerprint density at radius 1 is 0.344 bits per heavy atom. The lowest BCUT2D eigenvalue weighted by molar-refractivity contribution is 0.768. The minimum absolute atomic E-state index is 0.521. The van der Waals surface area contributed by atoms with Crippen LogP contribution in [0.3, 0.4) is 0 Å². The Labute approximate surface area is 355 Å². The normalized spacial score (nSPS) is 12.7. The van der Waals surface area contributed by atoms with Gasteiger partial charge in [0.15, 0.2) is 0 Å². The first-order chi connectivity index (χ1) is 30.3. The van der Waals surface area contributed by atoms with Crippen molar-refractivity contribution >= 4 is 49.6 Å². The van der Waals surface area contributed by atoms with Crippen LogP contribution in [0.25, 0.3) is 60.5 Å². The Kier molecular flexibility index (Phi) is 8.11. The van der Waals surface area contributed by atoms with Crippen molar-refractivity contribution in [1.29, 1.82) is 0 Å². The molecule has 0 bridgehead atoms. The highest BCUT2D eigenvalue weighted by molar-refractivity contribution is 6.11. The molecule has 0 atom stereocenters. The van der Waals surface area contributed by atoms with E-state index in [1.807, 2.05) is 0 Å². The fourth-order valence-corrected chi connectivity index (χ4v) is 10.3. The van der Waals surface area contributed by atoms with Crippen molar-refractivity contribution in [3.8, 4) is 27.9 Å². The molecule has 1 aliphatic rings. The molecule has 0 saturated carbocycles. The van der Waals surface area contributed by atoms with Crippen LogP contribution in [0.2, 0.25) is 0 Å². The van der Waals surface area contributed by atoms with Gasteiger partial charge in [0.1, 0.15) is 0 Å². The molecule has 10 aromatic carbocycles. The van der Waals surface area contributed by atoms with Crippen molar-refractivity contribution in [2.75, 3.05) is 4.90 Å². The van der Waals surface area contributed by atoms with Gasteiger partial charge >= 0.3 is 0 Å². The lowest BCUT2D eigenvalue weighted by Gasteiger charge is -2.35. The number of para-hydroxylation sites is 2. The number of aromatic nitrogens is 1. The fraction of sp³-hybridized carbons (Fsp3) is 0.0169. The molecule has 12 rings (SSSR count). The van der Waals surface area contributed by atoms with E-state index in [4.69, 9.17) is 0 Å². The van der Waals surface area contributed by atoms with Crippen LogP contribution in [0.1, 0.15) is 22.3 Å². The Bertz CT molecular complexity index is 3370. The van der Waals surface area contributed by atoms with Crippen LogP contribution in [0, 0.1) is 0 Å². The summed E-state index contributed by atoms with van der Waals surface area (Å²) in [5, 5.41) is 4.85. The van der Waals surface area contributed by atoms with Crippen LogP contribution < -0.4 is 4.90 Å². The van der Waals surface area contributed by atoms with Gasteiger partial charge in [-0.2, -0.15) is 0 Å². The minimum Gasteiger partial charge on any atom is -0.310 e. The number of anilines is 3. The van der Waals surface area contributed by atoms with Gasteiger partial charge in [-0.05, 0) is 86.8 Å². The van der Waals surface area contributed by atoms with Crippen molar-refractivity contribution in [1.82, 2.24) is 4.57 Å². The summed E-state index contributed by atoms with van der Waals surface area (Å²) in [6.07, 6.45) is 0. The van der Waals surface area contributed by atoms with Gasteiger partial charge < -0.3 is 9.47 Å². The van der Waals surface area contributed by atoms with Crippen molar-refractivity contribution in [2.45, 2.75) is 5.41 Å². The molecule has 61 heavy (non-hydrogen) atoms. The summed E-state index contributed by atoms with van der Waals surface area (Å²) >= 11 is 0. The van der Waals surface area contributed by atoms with Crippen molar-refractivity contribution in [3.63, 3.8) is 0 Å². The van der Waals surface area contributed by atoms with E-state index in [-0.39, 0.29) is 0 Å². The number of hydrogen-bond acceptors (Lipinski definition) is 1. The summed E-state index contributed by atoms with van der Waals surface area (Å²) < 4.78 is 2.47. The second-order valence-electron chi connectivity index (χ2n) is 16.0. The van der Waals surface area contributed by atoms with Crippen LogP contribution in [-0.2, 0) is 5.41 Å². The smallest absolute Gasteiger partial charge is 0.0714 e. The molecule has 0 radical (unpaired) electrons. The molecule has 0 unspecified atom stereocenters. The first kappa shape index (κ1) is 35.0. The Morgan fingerprint density at radius 3 is 1.69 bits per heavy atom. The van der Waals surface area contributed by atoms with E-state index in [1.165, 1.54) is 71.6 Å². The van der Waals surface area contributed by atoms with E-state index >= 15 is 0 Å². The van der Waals surface area contributed by atoms with Crippen LogP contribution in [0.5, 0.6) is 0 Å². The zero-order valence-corrected chi connectivity index (χ0v) is 33.5. The molecule has 286 valence electrons. The summed E-state index contributed by atoms with van der Waals surface area (Å²) in [7, 11) is 0. The molecular formula is C59H40N2. The highest BCUT2D eigenvalue weighted by atomic mass is 15.1. The molecule has 2 nitrogen and oxygen atoms in total. The summed E-state index contributed by atoms with van der Waals surface area (Å²) in [5.74, 6) is 0. The average molecular weight is 777 g/mol. The van der Waals surface area contributed by atoms with E-state index in [1.54, 1.807) is 0 Å². The van der Waals surface area contributed by atoms with Gasteiger partial charge in [-0.25, -0.2) is 0 Å². The Morgan fingerprint density at radius 2 is 0.902 bits per heavy atom. The largest absolute Gasteiger partial charge is 0.310 e. The first-order valence-electron chi connectivity index (χ1n) is 21.1. The molecule has 1 aliphatic carbocycles. The highest BCUT2D eigenvalue weighted by Gasteiger charge is 2.46. The van der Waals surface area contributed by atoms with Gasteiger partial charge in [0.25, 0.3) is 0 Å². The average Bonchev–Trinajstić information content (AvgIpc) is 3.82. The summed E-state index contributed by atoms with van der Waals surface area (Å²) in [6.45, 7) is 0. The van der Waals surface area contributed by atoms with Crippen molar-refractivity contribution in [2.24, 2.45) is 0 Å². The number of fused-ring (bicyclic) bond motifs is 7. The molecule has 0 aliphatic heterocycles. The maximum Gasteiger partial charge on any atom is 0.0714 e. The van der Waals surface area contributed by atoms with E-state index in [0.717, 1.165) is 28.3 Å². The Balaban J connectivity index is 1.15. The summed E-state index contributed by atoms with van der Waals surface area (Å²) in [4.78, 5) is 2.48. The maximum atomic E-state index is 2.48. The van der Waals surface area contributed by atoms with Gasteiger partial charge in [0.2, 0.25) is 0 Å². The van der Waals surface area contributed by atoms with Gasteiger partial charge in [-0.15, -0.1) is 0 Å². The quantitative estimate of drug-likeness (QED) is 0.156. The third kappa shape index (κ3) is 5.36. The molecule has 11 aromatic rings. The molecule has 0 N–H and O–H groups in total. The third-order valence-corrected chi connectivity index (χ3v) is 12.9. The molecule has 0 fully saturated rings. The standard InChI is InChI=1S/C59H40N2/c1-4-19-41(20-5-1)48-28-13-16-32-56(48)61-57-33-17-14-30-51(57)52-38-36-46(40-58(52)61)60(55-34-18-22-42-21-10-11-27-47(42)55)45-35-37-50-49-29-12-15-31-53(49)59(54(50)39-45,43-23-6-2-7-24-43)44-25-8-3-9-26-44/h1-40H.